The van der Waals surface area contributed by atoms with Crippen molar-refractivity contribution < 1.29 is 14.3 Å². The third-order valence-electron chi connectivity index (χ3n) is 6.15. The van der Waals surface area contributed by atoms with Crippen molar-refractivity contribution >= 4 is 5.97 Å². The van der Waals surface area contributed by atoms with Crippen LogP contribution in [0.4, 0.5) is 0 Å². The van der Waals surface area contributed by atoms with Crippen LogP contribution in [0.15, 0.2) is 23.3 Å². The van der Waals surface area contributed by atoms with E-state index < -0.39 is 5.60 Å². The molecule has 2 aliphatic heterocycles. The predicted molar refractivity (Wildman–Crippen MR) is 102 cm³/mol. The standard InChI is InChI=1S/C22H36O3/c1-16(2)22-13-12-18(4)9-7-8-17(3)10-11-20(24-19(5)23)21(6,25-22)14-15-22/h8,12,16,20H,7,9-11,13-15H2,1-6H3/b17-8-,18-12+/t20-,21-,22+/m1/s1. The number of allylic oxidation sites excluding steroid dienone is 3. The Hall–Kier alpha value is -1.09. The highest BCUT2D eigenvalue weighted by molar-refractivity contribution is 5.66. The summed E-state index contributed by atoms with van der Waals surface area (Å²) < 4.78 is 12.5. The van der Waals surface area contributed by atoms with Gasteiger partial charge >= 0.3 is 5.97 Å². The van der Waals surface area contributed by atoms with Crippen LogP contribution in [-0.2, 0) is 14.3 Å². The molecule has 0 aromatic heterocycles. The lowest BCUT2D eigenvalue weighted by Crippen LogP contribution is -2.46. The molecule has 2 bridgehead atoms. The third kappa shape index (κ3) is 4.97. The first-order valence-electron chi connectivity index (χ1n) is 9.85. The largest absolute Gasteiger partial charge is 0.459 e. The molecule has 3 atom stereocenters. The lowest BCUT2D eigenvalue weighted by Gasteiger charge is -2.39. The van der Waals surface area contributed by atoms with Crippen LogP contribution >= 0.6 is 0 Å². The van der Waals surface area contributed by atoms with E-state index in [4.69, 9.17) is 9.47 Å². The zero-order valence-corrected chi connectivity index (χ0v) is 17.0. The van der Waals surface area contributed by atoms with Gasteiger partial charge in [-0.3, -0.25) is 4.79 Å². The average Bonchev–Trinajstić information content (AvgIpc) is 2.88. The van der Waals surface area contributed by atoms with E-state index in [1.807, 2.05) is 0 Å². The van der Waals surface area contributed by atoms with Crippen LogP contribution < -0.4 is 0 Å². The second-order valence-electron chi connectivity index (χ2n) is 8.61. The van der Waals surface area contributed by atoms with Gasteiger partial charge in [-0.2, -0.15) is 0 Å². The maximum Gasteiger partial charge on any atom is 0.303 e. The van der Waals surface area contributed by atoms with Crippen LogP contribution in [0.3, 0.4) is 0 Å². The molecule has 0 aromatic carbocycles. The molecular weight excluding hydrogens is 312 g/mol. The zero-order valence-electron chi connectivity index (χ0n) is 17.0. The SMILES string of the molecule is CC(=O)O[C@@H]1CC/C(C)=C\CC/C(C)=C/C[C@@]2(C(C)C)CC[C@@]1(C)O2. The van der Waals surface area contributed by atoms with Gasteiger partial charge in [0.2, 0.25) is 0 Å². The van der Waals surface area contributed by atoms with E-state index in [-0.39, 0.29) is 17.7 Å². The Morgan fingerprint density at radius 2 is 1.88 bits per heavy atom. The number of carbonyl (C=O) groups is 1. The van der Waals surface area contributed by atoms with Crippen LogP contribution in [0.25, 0.3) is 0 Å². The first kappa shape index (κ1) is 20.2. The molecule has 0 unspecified atom stereocenters. The van der Waals surface area contributed by atoms with Gasteiger partial charge < -0.3 is 9.47 Å². The molecule has 2 aliphatic rings. The molecular formula is C22H36O3. The fraction of sp³-hybridized carbons (Fsp3) is 0.773. The number of hydrogen-bond donors (Lipinski definition) is 0. The molecule has 1 saturated heterocycles. The molecule has 0 saturated carbocycles. The predicted octanol–water partition coefficient (Wildman–Crippen LogP) is 5.74. The van der Waals surface area contributed by atoms with Crippen LogP contribution in [0.2, 0.25) is 0 Å². The molecule has 2 rings (SSSR count). The Kier molecular flexibility index (Phi) is 6.53. The van der Waals surface area contributed by atoms with Gasteiger partial charge in [-0.1, -0.05) is 37.1 Å². The van der Waals surface area contributed by atoms with E-state index in [0.29, 0.717) is 5.92 Å². The normalized spacial score (nSPS) is 38.6. The van der Waals surface area contributed by atoms with E-state index in [0.717, 1.165) is 44.9 Å². The van der Waals surface area contributed by atoms with Gasteiger partial charge in [0.15, 0.2) is 0 Å². The van der Waals surface area contributed by atoms with Gasteiger partial charge in [0, 0.05) is 6.92 Å². The molecule has 25 heavy (non-hydrogen) atoms. The van der Waals surface area contributed by atoms with Gasteiger partial charge in [0.25, 0.3) is 0 Å². The fourth-order valence-corrected chi connectivity index (χ4v) is 4.18. The number of rotatable bonds is 2. The second-order valence-corrected chi connectivity index (χ2v) is 8.61. The number of fused-ring (bicyclic) bond motifs is 2. The van der Waals surface area contributed by atoms with Crippen molar-refractivity contribution in [3.05, 3.63) is 23.3 Å². The summed E-state index contributed by atoms with van der Waals surface area (Å²) in [5, 5.41) is 0. The van der Waals surface area contributed by atoms with Crippen LogP contribution in [0, 0.1) is 5.92 Å². The van der Waals surface area contributed by atoms with E-state index in [9.17, 15) is 4.79 Å². The maximum absolute atomic E-state index is 11.7. The van der Waals surface area contributed by atoms with Gasteiger partial charge in [0.1, 0.15) is 11.7 Å². The number of carbonyl (C=O) groups excluding carboxylic acids is 1. The molecule has 3 nitrogen and oxygen atoms in total. The van der Waals surface area contributed by atoms with Crippen molar-refractivity contribution in [3.8, 4) is 0 Å². The molecule has 2 heterocycles. The summed E-state index contributed by atoms with van der Waals surface area (Å²) in [6.07, 6.45) is 11.4. The molecule has 0 aliphatic carbocycles. The van der Waals surface area contributed by atoms with Crippen molar-refractivity contribution in [3.63, 3.8) is 0 Å². The van der Waals surface area contributed by atoms with Gasteiger partial charge in [-0.25, -0.2) is 0 Å². The summed E-state index contributed by atoms with van der Waals surface area (Å²) in [6, 6.07) is 0. The maximum atomic E-state index is 11.7. The zero-order chi connectivity index (χ0) is 18.7. The minimum Gasteiger partial charge on any atom is -0.459 e. The minimum absolute atomic E-state index is 0.148. The molecule has 142 valence electrons. The fourth-order valence-electron chi connectivity index (χ4n) is 4.18. The summed E-state index contributed by atoms with van der Waals surface area (Å²) in [7, 11) is 0. The highest BCUT2D eigenvalue weighted by Gasteiger charge is 2.52. The topological polar surface area (TPSA) is 35.5 Å². The van der Waals surface area contributed by atoms with E-state index >= 15 is 0 Å². The summed E-state index contributed by atoms with van der Waals surface area (Å²) in [5.41, 5.74) is 2.27. The Balaban J connectivity index is 2.35. The molecule has 3 heteroatoms. The van der Waals surface area contributed by atoms with E-state index in [2.05, 4.69) is 46.8 Å². The molecule has 0 aromatic rings. The first-order valence-corrected chi connectivity index (χ1v) is 9.85. The molecule has 0 spiro atoms. The molecule has 0 N–H and O–H groups in total. The number of ether oxygens (including phenoxy) is 2. The monoisotopic (exact) mass is 348 g/mol. The Labute approximate surface area is 153 Å². The summed E-state index contributed by atoms with van der Waals surface area (Å²) in [6.45, 7) is 12.6. The summed E-state index contributed by atoms with van der Waals surface area (Å²) in [4.78, 5) is 11.7. The van der Waals surface area contributed by atoms with E-state index in [1.165, 1.54) is 18.1 Å². The van der Waals surface area contributed by atoms with Crippen molar-refractivity contribution in [2.75, 3.05) is 0 Å². The summed E-state index contributed by atoms with van der Waals surface area (Å²) in [5.74, 6) is 0.222. The Morgan fingerprint density at radius 3 is 2.52 bits per heavy atom. The number of esters is 1. The highest BCUT2D eigenvalue weighted by atomic mass is 16.6. The first-order chi connectivity index (χ1) is 11.7. The smallest absolute Gasteiger partial charge is 0.303 e. The van der Waals surface area contributed by atoms with Gasteiger partial charge in [-0.15, -0.1) is 0 Å². The molecule has 0 amide bonds. The van der Waals surface area contributed by atoms with Gasteiger partial charge in [0.05, 0.1) is 5.60 Å². The highest BCUT2D eigenvalue weighted by Crippen LogP contribution is 2.48. The van der Waals surface area contributed by atoms with Crippen LogP contribution in [0.5, 0.6) is 0 Å². The van der Waals surface area contributed by atoms with Crippen molar-refractivity contribution in [1.82, 2.24) is 0 Å². The lowest BCUT2D eigenvalue weighted by molar-refractivity contribution is -0.186. The Morgan fingerprint density at radius 1 is 1.20 bits per heavy atom. The molecule has 0 radical (unpaired) electrons. The van der Waals surface area contributed by atoms with Crippen molar-refractivity contribution in [2.24, 2.45) is 5.92 Å². The van der Waals surface area contributed by atoms with E-state index in [1.54, 1.807) is 0 Å². The Bertz CT molecular complexity index is 545. The minimum atomic E-state index is -0.397. The second kappa shape index (κ2) is 8.07. The van der Waals surface area contributed by atoms with Crippen LogP contribution in [0.1, 0.15) is 86.5 Å². The van der Waals surface area contributed by atoms with Crippen molar-refractivity contribution in [2.45, 2.75) is 104 Å². The quantitative estimate of drug-likeness (QED) is 0.471. The average molecular weight is 349 g/mol. The lowest BCUT2D eigenvalue weighted by atomic mass is 9.82. The van der Waals surface area contributed by atoms with Crippen molar-refractivity contribution in [1.29, 1.82) is 0 Å². The van der Waals surface area contributed by atoms with Gasteiger partial charge in [-0.05, 0) is 71.6 Å². The summed E-state index contributed by atoms with van der Waals surface area (Å²) >= 11 is 0. The number of hydrogen-bond acceptors (Lipinski definition) is 3. The third-order valence-corrected chi connectivity index (χ3v) is 6.15. The molecule has 1 fully saturated rings. The van der Waals surface area contributed by atoms with Crippen LogP contribution in [-0.4, -0.2) is 23.3 Å².